The SMILES string of the molecule is CC(=O)N[C@H]1[C@H](OC[C@H]2OC(O)[C@H](NC(C)=O)[C@@H](O)[C@H]2O)O[C@H](CO)[C@@H](O[C@@H]2O[C@H](CO)[C@H](O)[C@H](O[C@H]3O[C@H](CO)[C@H](O)[C@H](O)[C@H]3NC(C)=O)[C@H]2O[C@@H]2O[C@@H](C)[C@@H](O)[C@@H](O)[C@@H]2O)[C@@H]1O. The van der Waals surface area contributed by atoms with Crippen molar-refractivity contribution in [3.05, 3.63) is 0 Å². The van der Waals surface area contributed by atoms with Gasteiger partial charge in [0.2, 0.25) is 17.7 Å². The number of nitrogens with one attached hydrogen (secondary N) is 3. The van der Waals surface area contributed by atoms with Gasteiger partial charge in [-0.1, -0.05) is 0 Å². The van der Waals surface area contributed by atoms with Crippen LogP contribution < -0.4 is 16.0 Å². The lowest BCUT2D eigenvalue weighted by atomic mass is 9.94. The standard InChI is InChI=1S/C36H61N3O25/c1-9-20(46)27(53)28(54)35(57-9)64-31-30(63-34-18(38-11(3)44)25(51)21(47)13(5-40)59-34)23(49)14(6-41)60-36(31)62-29-15(7-42)61-33(19(26(29)52)39-12(4)45)56-8-16-22(48)24(50)17(32(55)58-16)37-10(2)43/h9,13-36,40-42,46-55H,5-8H2,1-4H3,(H,37,43)(H,38,44)(H,39,45)/t9-,13+,14+,15+,16+,17+,18+,19+,20+,21-,22-,23-,24+,25+,26+,27+,28-,29+,30-,31+,32?,33+,34+,35-,36-/m0/s1. The summed E-state index contributed by atoms with van der Waals surface area (Å²) in [6.45, 7) is 1.01. The van der Waals surface area contributed by atoms with Crippen LogP contribution in [0.1, 0.15) is 27.7 Å². The van der Waals surface area contributed by atoms with E-state index >= 15 is 0 Å². The van der Waals surface area contributed by atoms with Crippen LogP contribution >= 0.6 is 0 Å². The largest absolute Gasteiger partial charge is 0.394 e. The van der Waals surface area contributed by atoms with Crippen molar-refractivity contribution < 1.29 is 123 Å². The first-order chi connectivity index (χ1) is 30.1. The first kappa shape index (κ1) is 52.5. The van der Waals surface area contributed by atoms with Gasteiger partial charge in [0, 0.05) is 20.8 Å². The van der Waals surface area contributed by atoms with Crippen LogP contribution in [0.4, 0.5) is 0 Å². The van der Waals surface area contributed by atoms with Gasteiger partial charge in [0.05, 0.1) is 32.5 Å². The molecule has 5 saturated heterocycles. The van der Waals surface area contributed by atoms with Crippen LogP contribution in [0.3, 0.4) is 0 Å². The normalized spacial score (nSPS) is 47.7. The number of aliphatic hydroxyl groups excluding tert-OH is 13. The fraction of sp³-hybridized carbons (Fsp3) is 0.917. The molecule has 25 atom stereocenters. The Bertz CT molecular complexity index is 1540. The zero-order valence-electron chi connectivity index (χ0n) is 35.0. The van der Waals surface area contributed by atoms with E-state index in [4.69, 9.17) is 42.6 Å². The van der Waals surface area contributed by atoms with E-state index in [1.54, 1.807) is 0 Å². The van der Waals surface area contributed by atoms with Crippen LogP contribution in [0, 0.1) is 0 Å². The summed E-state index contributed by atoms with van der Waals surface area (Å²) in [5.74, 6) is -2.17. The van der Waals surface area contributed by atoms with Gasteiger partial charge in [0.15, 0.2) is 31.5 Å². The third-order valence-corrected chi connectivity index (χ3v) is 11.5. The minimum Gasteiger partial charge on any atom is -0.394 e. The summed E-state index contributed by atoms with van der Waals surface area (Å²) in [5.41, 5.74) is 0. The molecule has 5 fully saturated rings. The molecule has 0 bridgehead atoms. The second-order valence-electron chi connectivity index (χ2n) is 16.2. The summed E-state index contributed by atoms with van der Waals surface area (Å²) in [6.07, 6.45) is -39.1. The summed E-state index contributed by atoms with van der Waals surface area (Å²) in [7, 11) is 0. The van der Waals surface area contributed by atoms with Gasteiger partial charge < -0.3 is 125 Å². The molecule has 0 aromatic heterocycles. The van der Waals surface area contributed by atoms with Crippen LogP contribution in [-0.4, -0.2) is 264 Å². The van der Waals surface area contributed by atoms with Crippen LogP contribution in [0.15, 0.2) is 0 Å². The molecule has 0 aliphatic carbocycles. The maximum absolute atomic E-state index is 12.5. The molecule has 0 aromatic carbocycles. The molecule has 16 N–H and O–H groups in total. The van der Waals surface area contributed by atoms with Crippen LogP contribution in [0.5, 0.6) is 0 Å². The van der Waals surface area contributed by atoms with Crippen molar-refractivity contribution in [3.63, 3.8) is 0 Å². The summed E-state index contributed by atoms with van der Waals surface area (Å²) < 4.78 is 52.6. The molecule has 28 heteroatoms. The molecule has 5 rings (SSSR count). The Morgan fingerprint density at radius 3 is 1.48 bits per heavy atom. The van der Waals surface area contributed by atoms with Crippen molar-refractivity contribution in [2.75, 3.05) is 26.4 Å². The Morgan fingerprint density at radius 2 is 0.906 bits per heavy atom. The van der Waals surface area contributed by atoms with Crippen LogP contribution in [-0.2, 0) is 57.0 Å². The van der Waals surface area contributed by atoms with Gasteiger partial charge in [0.25, 0.3) is 0 Å². The fourth-order valence-corrected chi connectivity index (χ4v) is 8.06. The highest BCUT2D eigenvalue weighted by molar-refractivity contribution is 5.74. The summed E-state index contributed by atoms with van der Waals surface area (Å²) in [6, 6.07) is -4.65. The smallest absolute Gasteiger partial charge is 0.217 e. The monoisotopic (exact) mass is 935 g/mol. The quantitative estimate of drug-likeness (QED) is 0.0725. The molecule has 0 radical (unpaired) electrons. The molecular weight excluding hydrogens is 874 g/mol. The molecule has 5 aliphatic rings. The van der Waals surface area contributed by atoms with Crippen molar-refractivity contribution in [2.45, 2.75) is 181 Å². The fourth-order valence-electron chi connectivity index (χ4n) is 8.06. The van der Waals surface area contributed by atoms with Crippen LogP contribution in [0.2, 0.25) is 0 Å². The zero-order valence-corrected chi connectivity index (χ0v) is 35.0. The van der Waals surface area contributed by atoms with Gasteiger partial charge in [-0.2, -0.15) is 0 Å². The van der Waals surface area contributed by atoms with Crippen molar-refractivity contribution >= 4 is 17.7 Å². The minimum absolute atomic E-state index is 0.649. The third-order valence-electron chi connectivity index (χ3n) is 11.5. The Labute approximate surface area is 364 Å². The molecule has 64 heavy (non-hydrogen) atoms. The van der Waals surface area contributed by atoms with E-state index in [1.807, 2.05) is 0 Å². The lowest BCUT2D eigenvalue weighted by Crippen LogP contribution is -2.70. The predicted octanol–water partition coefficient (Wildman–Crippen LogP) is -10.5. The first-order valence-electron chi connectivity index (χ1n) is 20.4. The topological polar surface area (TPSA) is 433 Å². The Balaban J connectivity index is 1.46. The third kappa shape index (κ3) is 11.6. The number of aliphatic hydroxyl groups is 13. The summed E-state index contributed by atoms with van der Waals surface area (Å²) in [4.78, 5) is 36.2. The molecule has 0 aromatic rings. The predicted molar refractivity (Wildman–Crippen MR) is 200 cm³/mol. The maximum Gasteiger partial charge on any atom is 0.217 e. The Hall–Kier alpha value is -2.47. The number of carbonyl (C=O) groups is 3. The molecule has 370 valence electrons. The van der Waals surface area contributed by atoms with E-state index in [-0.39, 0.29) is 0 Å². The summed E-state index contributed by atoms with van der Waals surface area (Å²) >= 11 is 0. The summed E-state index contributed by atoms with van der Waals surface area (Å²) in [5, 5.41) is 147. The van der Waals surface area contributed by atoms with Crippen molar-refractivity contribution in [3.8, 4) is 0 Å². The minimum atomic E-state index is -2.02. The van der Waals surface area contributed by atoms with Gasteiger partial charge in [-0.25, -0.2) is 0 Å². The van der Waals surface area contributed by atoms with E-state index in [9.17, 15) is 80.8 Å². The highest BCUT2D eigenvalue weighted by atomic mass is 16.8. The number of rotatable bonds is 15. The molecule has 0 saturated carbocycles. The number of amides is 3. The average molecular weight is 936 g/mol. The van der Waals surface area contributed by atoms with Crippen molar-refractivity contribution in [2.24, 2.45) is 0 Å². The van der Waals surface area contributed by atoms with E-state index < -0.39 is 197 Å². The van der Waals surface area contributed by atoms with E-state index in [0.29, 0.717) is 0 Å². The van der Waals surface area contributed by atoms with E-state index in [0.717, 1.165) is 20.8 Å². The molecular formula is C36H61N3O25. The molecule has 5 aliphatic heterocycles. The second kappa shape index (κ2) is 22.6. The lowest BCUT2D eigenvalue weighted by Gasteiger charge is -2.51. The van der Waals surface area contributed by atoms with Crippen LogP contribution in [0.25, 0.3) is 0 Å². The van der Waals surface area contributed by atoms with Gasteiger partial charge in [0.1, 0.15) is 116 Å². The van der Waals surface area contributed by atoms with E-state index in [1.165, 1.54) is 6.92 Å². The molecule has 5 heterocycles. The van der Waals surface area contributed by atoms with Gasteiger partial charge >= 0.3 is 0 Å². The number of carbonyl (C=O) groups excluding carboxylic acids is 3. The zero-order chi connectivity index (χ0) is 47.5. The lowest BCUT2D eigenvalue weighted by molar-refractivity contribution is -0.399. The molecule has 3 amide bonds. The number of hydrogen-bond donors (Lipinski definition) is 16. The molecule has 1 unspecified atom stereocenters. The van der Waals surface area contributed by atoms with Gasteiger partial charge in [-0.05, 0) is 6.92 Å². The highest BCUT2D eigenvalue weighted by Crippen LogP contribution is 2.36. The Morgan fingerprint density at radius 1 is 0.438 bits per heavy atom. The Kier molecular flexibility index (Phi) is 18.5. The number of hydrogen-bond acceptors (Lipinski definition) is 25. The average Bonchev–Trinajstić information content (AvgIpc) is 3.24. The van der Waals surface area contributed by atoms with E-state index in [2.05, 4.69) is 16.0 Å². The van der Waals surface area contributed by atoms with Gasteiger partial charge in [-0.3, -0.25) is 14.4 Å². The molecule has 28 nitrogen and oxygen atoms in total. The van der Waals surface area contributed by atoms with Gasteiger partial charge in [-0.15, -0.1) is 0 Å². The highest BCUT2D eigenvalue weighted by Gasteiger charge is 2.57. The number of ether oxygens (including phenoxy) is 9. The first-order valence-corrected chi connectivity index (χ1v) is 20.4. The van der Waals surface area contributed by atoms with Crippen molar-refractivity contribution in [1.29, 1.82) is 0 Å². The maximum atomic E-state index is 12.5. The molecule has 0 spiro atoms. The second-order valence-corrected chi connectivity index (χ2v) is 16.2. The van der Waals surface area contributed by atoms with Crippen molar-refractivity contribution in [1.82, 2.24) is 16.0 Å².